The molecule has 2 aromatic rings. The van der Waals surface area contributed by atoms with Crippen LogP contribution in [-0.2, 0) is 11.3 Å². The number of hydrogen-bond donors (Lipinski definition) is 0. The Morgan fingerprint density at radius 2 is 1.80 bits per heavy atom. The fourth-order valence-electron chi connectivity index (χ4n) is 3.16. The van der Waals surface area contributed by atoms with Gasteiger partial charge in [-0.1, -0.05) is 11.6 Å². The fraction of sp³-hybridized carbons (Fsp3) is 0.444. The maximum Gasteiger partial charge on any atom is 0.227 e. The molecule has 2 aliphatic rings. The molecule has 3 heterocycles. The summed E-state index contributed by atoms with van der Waals surface area (Å²) in [6.45, 7) is 7.19. The number of morpholine rings is 1. The molecule has 6 nitrogen and oxygen atoms in total. The summed E-state index contributed by atoms with van der Waals surface area (Å²) in [6.07, 6.45) is 0. The van der Waals surface area contributed by atoms with Crippen LogP contribution in [-0.4, -0.2) is 49.4 Å². The lowest BCUT2D eigenvalue weighted by atomic mass is 10.2. The number of anilines is 2. The molecule has 1 fully saturated rings. The van der Waals surface area contributed by atoms with Gasteiger partial charge in [-0.05, 0) is 25.1 Å². The minimum Gasteiger partial charge on any atom is -0.491 e. The summed E-state index contributed by atoms with van der Waals surface area (Å²) in [5.41, 5.74) is 2.04. The van der Waals surface area contributed by atoms with Crippen molar-refractivity contribution in [2.45, 2.75) is 13.5 Å². The second-order valence-corrected chi connectivity index (χ2v) is 6.73. The molecule has 2 aliphatic heterocycles. The van der Waals surface area contributed by atoms with E-state index in [2.05, 4.69) is 14.8 Å². The molecule has 7 heteroatoms. The van der Waals surface area contributed by atoms with Gasteiger partial charge in [-0.15, -0.1) is 0 Å². The predicted molar refractivity (Wildman–Crippen MR) is 97.8 cm³/mol. The van der Waals surface area contributed by atoms with E-state index in [0.29, 0.717) is 6.61 Å². The first kappa shape index (κ1) is 16.4. The Labute approximate surface area is 152 Å². The van der Waals surface area contributed by atoms with Gasteiger partial charge in [0.25, 0.3) is 0 Å². The lowest BCUT2D eigenvalue weighted by Crippen LogP contribution is -2.38. The number of nitrogens with zero attached hydrogens (tertiary/aromatic N) is 4. The van der Waals surface area contributed by atoms with Crippen molar-refractivity contribution in [3.05, 3.63) is 40.5 Å². The number of rotatable bonds is 2. The normalized spacial score (nSPS) is 17.7. The van der Waals surface area contributed by atoms with Crippen LogP contribution in [0.15, 0.2) is 24.3 Å². The summed E-state index contributed by atoms with van der Waals surface area (Å²) >= 11 is 6.16. The zero-order valence-electron chi connectivity index (χ0n) is 14.2. The number of aromatic nitrogens is 2. The Balaban J connectivity index is 1.63. The molecule has 0 aliphatic carbocycles. The Hall–Kier alpha value is -2.05. The molecule has 132 valence electrons. The Morgan fingerprint density at radius 1 is 1.00 bits per heavy atom. The van der Waals surface area contributed by atoms with Gasteiger partial charge >= 0.3 is 0 Å². The smallest absolute Gasteiger partial charge is 0.227 e. The SMILES string of the molecule is Cc1cc(N2CCOc3ccc(Cl)cc3C2)nc(N2CCOCC2)n1. The molecule has 0 N–H and O–H groups in total. The van der Waals surface area contributed by atoms with Gasteiger partial charge in [0.15, 0.2) is 0 Å². The van der Waals surface area contributed by atoms with Crippen LogP contribution in [0, 0.1) is 6.92 Å². The molecule has 1 aromatic carbocycles. The molecule has 0 atom stereocenters. The van der Waals surface area contributed by atoms with Crippen molar-refractivity contribution in [3.63, 3.8) is 0 Å². The number of ether oxygens (including phenoxy) is 2. The topological polar surface area (TPSA) is 50.7 Å². The zero-order valence-corrected chi connectivity index (χ0v) is 15.0. The molecule has 0 spiro atoms. The average Bonchev–Trinajstić information content (AvgIpc) is 2.84. The highest BCUT2D eigenvalue weighted by Gasteiger charge is 2.20. The molecular weight excluding hydrogens is 340 g/mol. The van der Waals surface area contributed by atoms with Crippen LogP contribution in [0.4, 0.5) is 11.8 Å². The first-order valence-corrected chi connectivity index (χ1v) is 8.91. The molecule has 0 unspecified atom stereocenters. The summed E-state index contributed by atoms with van der Waals surface area (Å²) < 4.78 is 11.3. The quantitative estimate of drug-likeness (QED) is 0.820. The van der Waals surface area contributed by atoms with Crippen molar-refractivity contribution in [1.29, 1.82) is 0 Å². The fourth-order valence-corrected chi connectivity index (χ4v) is 3.36. The lowest BCUT2D eigenvalue weighted by Gasteiger charge is -2.28. The van der Waals surface area contributed by atoms with Crippen molar-refractivity contribution < 1.29 is 9.47 Å². The highest BCUT2D eigenvalue weighted by molar-refractivity contribution is 6.30. The van der Waals surface area contributed by atoms with Gasteiger partial charge in [-0.2, -0.15) is 4.98 Å². The summed E-state index contributed by atoms with van der Waals surface area (Å²) in [7, 11) is 0. The number of halogens is 1. The predicted octanol–water partition coefficient (Wildman–Crippen LogP) is 2.67. The summed E-state index contributed by atoms with van der Waals surface area (Å²) in [5.74, 6) is 2.59. The van der Waals surface area contributed by atoms with Gasteiger partial charge in [-0.3, -0.25) is 0 Å². The van der Waals surface area contributed by atoms with E-state index in [9.17, 15) is 0 Å². The first-order valence-electron chi connectivity index (χ1n) is 8.53. The van der Waals surface area contributed by atoms with Crippen molar-refractivity contribution >= 4 is 23.4 Å². The second-order valence-electron chi connectivity index (χ2n) is 6.29. The first-order chi connectivity index (χ1) is 12.2. The van der Waals surface area contributed by atoms with Crippen molar-refractivity contribution in [2.75, 3.05) is 49.3 Å². The highest BCUT2D eigenvalue weighted by Crippen LogP contribution is 2.29. The highest BCUT2D eigenvalue weighted by atomic mass is 35.5. The van der Waals surface area contributed by atoms with Crippen LogP contribution in [0.1, 0.15) is 11.3 Å². The van der Waals surface area contributed by atoms with Crippen LogP contribution in [0.25, 0.3) is 0 Å². The third-order valence-electron chi connectivity index (χ3n) is 4.45. The summed E-state index contributed by atoms with van der Waals surface area (Å²) in [4.78, 5) is 13.8. The van der Waals surface area contributed by atoms with Gasteiger partial charge in [0, 0.05) is 42.0 Å². The Bertz CT molecular complexity index is 765. The van der Waals surface area contributed by atoms with E-state index in [-0.39, 0.29) is 0 Å². The van der Waals surface area contributed by atoms with Gasteiger partial charge in [-0.25, -0.2) is 4.98 Å². The van der Waals surface area contributed by atoms with Crippen LogP contribution in [0.2, 0.25) is 5.02 Å². The number of fused-ring (bicyclic) bond motifs is 1. The van der Waals surface area contributed by atoms with E-state index in [0.717, 1.165) is 73.2 Å². The number of benzene rings is 1. The average molecular weight is 361 g/mol. The molecule has 0 bridgehead atoms. The molecule has 0 radical (unpaired) electrons. The minimum atomic E-state index is 0.616. The van der Waals surface area contributed by atoms with E-state index in [4.69, 9.17) is 26.1 Å². The maximum absolute atomic E-state index is 6.16. The van der Waals surface area contributed by atoms with Gasteiger partial charge < -0.3 is 19.3 Å². The van der Waals surface area contributed by atoms with Gasteiger partial charge in [0.1, 0.15) is 18.2 Å². The molecule has 1 saturated heterocycles. The summed E-state index contributed by atoms with van der Waals surface area (Å²) in [6, 6.07) is 7.79. The lowest BCUT2D eigenvalue weighted by molar-refractivity contribution is 0.122. The van der Waals surface area contributed by atoms with Crippen molar-refractivity contribution in [2.24, 2.45) is 0 Å². The van der Waals surface area contributed by atoms with Crippen molar-refractivity contribution in [1.82, 2.24) is 9.97 Å². The van der Waals surface area contributed by atoms with Crippen molar-refractivity contribution in [3.8, 4) is 5.75 Å². The monoisotopic (exact) mass is 360 g/mol. The van der Waals surface area contributed by atoms with Crippen LogP contribution >= 0.6 is 11.6 Å². The second kappa shape index (κ2) is 7.06. The van der Waals surface area contributed by atoms with Crippen LogP contribution in [0.5, 0.6) is 5.75 Å². The van der Waals surface area contributed by atoms with E-state index < -0.39 is 0 Å². The van der Waals surface area contributed by atoms with E-state index in [1.54, 1.807) is 0 Å². The Kier molecular flexibility index (Phi) is 4.63. The standard InChI is InChI=1S/C18H21ClN4O2/c1-13-10-17(21-18(20-13)22-4-7-24-8-5-22)23-6-9-25-16-3-2-15(19)11-14(16)12-23/h2-3,10-11H,4-9,12H2,1H3. The van der Waals surface area contributed by atoms with Crippen LogP contribution in [0.3, 0.4) is 0 Å². The van der Waals surface area contributed by atoms with E-state index in [1.807, 2.05) is 31.2 Å². The largest absolute Gasteiger partial charge is 0.491 e. The minimum absolute atomic E-state index is 0.616. The molecular formula is C18H21ClN4O2. The summed E-state index contributed by atoms with van der Waals surface area (Å²) in [5, 5.41) is 0.720. The molecule has 0 saturated carbocycles. The molecule has 1 aromatic heterocycles. The van der Waals surface area contributed by atoms with Gasteiger partial charge in [0.05, 0.1) is 19.8 Å². The van der Waals surface area contributed by atoms with Crippen LogP contribution < -0.4 is 14.5 Å². The maximum atomic E-state index is 6.16. The number of aryl methyl sites for hydroxylation is 1. The number of hydrogen-bond acceptors (Lipinski definition) is 6. The molecule has 4 rings (SSSR count). The van der Waals surface area contributed by atoms with E-state index in [1.165, 1.54) is 0 Å². The molecule has 25 heavy (non-hydrogen) atoms. The third kappa shape index (κ3) is 3.65. The third-order valence-corrected chi connectivity index (χ3v) is 4.68. The van der Waals surface area contributed by atoms with Gasteiger partial charge in [0.2, 0.25) is 5.95 Å². The van der Waals surface area contributed by atoms with E-state index >= 15 is 0 Å². The molecule has 0 amide bonds. The Morgan fingerprint density at radius 3 is 2.64 bits per heavy atom. The zero-order chi connectivity index (χ0) is 17.2.